The number of carboxylic acids is 1. The normalized spacial score (nSPS) is 13.3. The number of aliphatic carboxylic acids is 1. The van der Waals surface area contributed by atoms with Gasteiger partial charge >= 0.3 is 12.0 Å². The number of hydrogen-bond acceptors (Lipinski definition) is 2. The SMILES string of the molecule is CCCC(C)(NC(=O)N(C)Cc1cccc(Cl)c1)C(=O)O. The van der Waals surface area contributed by atoms with E-state index >= 15 is 0 Å². The highest BCUT2D eigenvalue weighted by Crippen LogP contribution is 2.15. The smallest absolute Gasteiger partial charge is 0.329 e. The molecular formula is C15H21ClN2O3. The van der Waals surface area contributed by atoms with Gasteiger partial charge in [-0.05, 0) is 31.0 Å². The summed E-state index contributed by atoms with van der Waals surface area (Å²) in [4.78, 5) is 24.9. The predicted molar refractivity (Wildman–Crippen MR) is 82.4 cm³/mol. The molecule has 0 aliphatic rings. The molecule has 2 amide bonds. The van der Waals surface area contributed by atoms with Crippen LogP contribution in [0.2, 0.25) is 5.02 Å². The van der Waals surface area contributed by atoms with Crippen LogP contribution in [0.1, 0.15) is 32.3 Å². The molecule has 0 aliphatic carbocycles. The van der Waals surface area contributed by atoms with Crippen LogP contribution in [0.5, 0.6) is 0 Å². The molecule has 0 saturated heterocycles. The van der Waals surface area contributed by atoms with Crippen LogP contribution in [-0.4, -0.2) is 34.6 Å². The third kappa shape index (κ3) is 4.93. The molecule has 0 radical (unpaired) electrons. The largest absolute Gasteiger partial charge is 0.480 e. The number of urea groups is 1. The van der Waals surface area contributed by atoms with Crippen molar-refractivity contribution in [1.82, 2.24) is 10.2 Å². The van der Waals surface area contributed by atoms with Gasteiger partial charge in [-0.2, -0.15) is 0 Å². The van der Waals surface area contributed by atoms with Crippen molar-refractivity contribution in [2.45, 2.75) is 38.8 Å². The molecular weight excluding hydrogens is 292 g/mol. The van der Waals surface area contributed by atoms with Crippen molar-refractivity contribution < 1.29 is 14.7 Å². The molecule has 0 saturated carbocycles. The van der Waals surface area contributed by atoms with E-state index in [1.54, 1.807) is 19.2 Å². The van der Waals surface area contributed by atoms with Crippen molar-refractivity contribution >= 4 is 23.6 Å². The molecule has 1 unspecified atom stereocenters. The van der Waals surface area contributed by atoms with Gasteiger partial charge in [0.2, 0.25) is 0 Å². The van der Waals surface area contributed by atoms with E-state index in [2.05, 4.69) is 5.32 Å². The molecule has 6 heteroatoms. The zero-order valence-electron chi connectivity index (χ0n) is 12.5. The van der Waals surface area contributed by atoms with Crippen LogP contribution in [0.3, 0.4) is 0 Å². The second kappa shape index (κ2) is 7.31. The lowest BCUT2D eigenvalue weighted by atomic mass is 9.96. The quantitative estimate of drug-likeness (QED) is 0.848. The van der Waals surface area contributed by atoms with Crippen LogP contribution in [0.4, 0.5) is 4.79 Å². The summed E-state index contributed by atoms with van der Waals surface area (Å²) < 4.78 is 0. The number of carboxylic acid groups (broad SMARTS) is 1. The van der Waals surface area contributed by atoms with Crippen LogP contribution < -0.4 is 5.32 Å². The zero-order valence-corrected chi connectivity index (χ0v) is 13.3. The number of carbonyl (C=O) groups excluding carboxylic acids is 1. The minimum absolute atomic E-state index is 0.355. The van der Waals surface area contributed by atoms with Gasteiger partial charge in [-0.3, -0.25) is 0 Å². The van der Waals surface area contributed by atoms with E-state index in [0.29, 0.717) is 24.4 Å². The van der Waals surface area contributed by atoms with Crippen molar-refractivity contribution in [2.24, 2.45) is 0 Å². The number of hydrogen-bond donors (Lipinski definition) is 2. The fourth-order valence-corrected chi connectivity index (χ4v) is 2.25. The minimum atomic E-state index is -1.26. The van der Waals surface area contributed by atoms with Gasteiger partial charge in [0.25, 0.3) is 0 Å². The first-order valence-corrected chi connectivity index (χ1v) is 7.17. The van der Waals surface area contributed by atoms with Gasteiger partial charge in [-0.25, -0.2) is 9.59 Å². The Bertz CT molecular complexity index is 521. The maximum atomic E-state index is 12.1. The number of nitrogens with one attached hydrogen (secondary N) is 1. The van der Waals surface area contributed by atoms with E-state index in [9.17, 15) is 14.7 Å². The molecule has 1 aromatic carbocycles. The van der Waals surface area contributed by atoms with Crippen LogP contribution in [0.15, 0.2) is 24.3 Å². The summed E-state index contributed by atoms with van der Waals surface area (Å²) in [6, 6.07) is 6.77. The van der Waals surface area contributed by atoms with Crippen LogP contribution in [-0.2, 0) is 11.3 Å². The Hall–Kier alpha value is -1.75. The summed E-state index contributed by atoms with van der Waals surface area (Å²) in [5, 5.41) is 12.5. The molecule has 21 heavy (non-hydrogen) atoms. The third-order valence-corrected chi connectivity index (χ3v) is 3.50. The molecule has 0 heterocycles. The summed E-state index contributed by atoms with van der Waals surface area (Å²) in [7, 11) is 1.62. The average Bonchev–Trinajstić information content (AvgIpc) is 2.38. The molecule has 5 nitrogen and oxygen atoms in total. The summed E-state index contributed by atoms with van der Waals surface area (Å²) >= 11 is 5.90. The molecule has 1 aromatic rings. The number of benzene rings is 1. The highest BCUT2D eigenvalue weighted by Gasteiger charge is 2.34. The number of nitrogens with zero attached hydrogens (tertiary/aromatic N) is 1. The van der Waals surface area contributed by atoms with Gasteiger partial charge in [-0.15, -0.1) is 0 Å². The van der Waals surface area contributed by atoms with Crippen molar-refractivity contribution in [1.29, 1.82) is 0 Å². The molecule has 0 spiro atoms. The zero-order chi connectivity index (χ0) is 16.0. The molecule has 116 valence electrons. The Kier molecular flexibility index (Phi) is 6.03. The minimum Gasteiger partial charge on any atom is -0.480 e. The van der Waals surface area contributed by atoms with Crippen molar-refractivity contribution in [2.75, 3.05) is 7.05 Å². The fourth-order valence-electron chi connectivity index (χ4n) is 2.04. The second-order valence-corrected chi connectivity index (χ2v) is 5.74. The standard InChI is InChI=1S/C15H21ClN2O3/c1-4-8-15(2,13(19)20)17-14(21)18(3)10-11-6-5-7-12(16)9-11/h5-7,9H,4,8,10H2,1-3H3,(H,17,21)(H,19,20). The second-order valence-electron chi connectivity index (χ2n) is 5.30. The Balaban J connectivity index is 2.72. The highest BCUT2D eigenvalue weighted by molar-refractivity contribution is 6.30. The fraction of sp³-hybridized carbons (Fsp3) is 0.467. The van der Waals surface area contributed by atoms with Gasteiger partial charge in [0.15, 0.2) is 0 Å². The van der Waals surface area contributed by atoms with Gasteiger partial charge in [0.05, 0.1) is 0 Å². The van der Waals surface area contributed by atoms with Gasteiger partial charge in [-0.1, -0.05) is 37.1 Å². The molecule has 2 N–H and O–H groups in total. The molecule has 1 atom stereocenters. The Morgan fingerprint density at radius 2 is 2.10 bits per heavy atom. The first-order valence-electron chi connectivity index (χ1n) is 6.79. The summed E-state index contributed by atoms with van der Waals surface area (Å²) in [5.74, 6) is -1.03. The molecule has 0 bridgehead atoms. The van der Waals surface area contributed by atoms with Crippen molar-refractivity contribution in [3.63, 3.8) is 0 Å². The third-order valence-electron chi connectivity index (χ3n) is 3.26. The van der Waals surface area contributed by atoms with Crippen LogP contribution >= 0.6 is 11.6 Å². The van der Waals surface area contributed by atoms with E-state index in [1.165, 1.54) is 11.8 Å². The highest BCUT2D eigenvalue weighted by atomic mass is 35.5. The van der Waals surface area contributed by atoms with E-state index < -0.39 is 17.5 Å². The van der Waals surface area contributed by atoms with E-state index in [-0.39, 0.29) is 0 Å². The van der Waals surface area contributed by atoms with Gasteiger partial charge in [0.1, 0.15) is 5.54 Å². The Labute approximate surface area is 129 Å². The lowest BCUT2D eigenvalue weighted by Crippen LogP contribution is -2.55. The van der Waals surface area contributed by atoms with Crippen molar-refractivity contribution in [3.8, 4) is 0 Å². The lowest BCUT2D eigenvalue weighted by Gasteiger charge is -2.29. The van der Waals surface area contributed by atoms with Crippen LogP contribution in [0.25, 0.3) is 0 Å². The topological polar surface area (TPSA) is 69.6 Å². The number of amides is 2. The molecule has 0 fully saturated rings. The van der Waals surface area contributed by atoms with Crippen LogP contribution in [0, 0.1) is 0 Å². The first-order chi connectivity index (χ1) is 9.78. The maximum Gasteiger partial charge on any atom is 0.329 e. The van der Waals surface area contributed by atoms with Crippen molar-refractivity contribution in [3.05, 3.63) is 34.9 Å². The Morgan fingerprint density at radius 3 is 2.62 bits per heavy atom. The molecule has 1 rings (SSSR count). The number of halogens is 1. The monoisotopic (exact) mass is 312 g/mol. The van der Waals surface area contributed by atoms with E-state index in [1.807, 2.05) is 19.1 Å². The average molecular weight is 313 g/mol. The lowest BCUT2D eigenvalue weighted by molar-refractivity contribution is -0.144. The van der Waals surface area contributed by atoms with E-state index in [4.69, 9.17) is 11.6 Å². The summed E-state index contributed by atoms with van der Waals surface area (Å²) in [6.07, 6.45) is 1.04. The molecule has 0 aliphatic heterocycles. The molecule has 0 aromatic heterocycles. The van der Waals surface area contributed by atoms with E-state index in [0.717, 1.165) is 5.56 Å². The predicted octanol–water partition coefficient (Wildman–Crippen LogP) is 3.12. The number of carbonyl (C=O) groups is 2. The summed E-state index contributed by atoms with van der Waals surface area (Å²) in [5.41, 5.74) is -0.373. The maximum absolute atomic E-state index is 12.1. The Morgan fingerprint density at radius 1 is 1.43 bits per heavy atom. The van der Waals surface area contributed by atoms with Gasteiger partial charge in [0, 0.05) is 18.6 Å². The number of rotatable bonds is 6. The summed E-state index contributed by atoms with van der Waals surface area (Å²) in [6.45, 7) is 3.75. The van der Waals surface area contributed by atoms with Gasteiger partial charge < -0.3 is 15.3 Å². The first kappa shape index (κ1) is 17.3.